The molecule has 1 aromatic carbocycles. The number of halogens is 1. The number of carbonyl (C=O) groups excluding carboxylic acids is 1. The molecule has 3 aromatic rings. The van der Waals surface area contributed by atoms with E-state index in [1.165, 1.54) is 12.4 Å². The van der Waals surface area contributed by atoms with Crippen molar-refractivity contribution in [1.82, 2.24) is 10.4 Å². The Morgan fingerprint density at radius 2 is 1.96 bits per heavy atom. The molecule has 0 saturated heterocycles. The molecule has 120 valence electrons. The number of hydrogen-bond acceptors (Lipinski definition) is 5. The zero-order valence-electron chi connectivity index (χ0n) is 12.6. The first-order valence-electron chi connectivity index (χ1n) is 7.03. The summed E-state index contributed by atoms with van der Waals surface area (Å²) in [5.41, 5.74) is 3.46. The predicted octanol–water partition coefficient (Wildman–Crippen LogP) is 3.10. The summed E-state index contributed by atoms with van der Waals surface area (Å²) in [6.07, 6.45) is 3.03. The molecule has 0 unspecified atom stereocenters. The Balaban J connectivity index is 1.90. The van der Waals surface area contributed by atoms with Crippen molar-refractivity contribution in [3.63, 3.8) is 0 Å². The molecular weight excluding hydrogens is 374 g/mol. The fourth-order valence-corrected chi connectivity index (χ4v) is 2.49. The molecule has 24 heavy (non-hydrogen) atoms. The minimum Gasteiger partial charge on any atom is -0.422 e. The first kappa shape index (κ1) is 16.1. The van der Waals surface area contributed by atoms with E-state index in [2.05, 4.69) is 31.4 Å². The number of hydrazone groups is 1. The van der Waals surface area contributed by atoms with Crippen LogP contribution in [0.5, 0.6) is 0 Å². The van der Waals surface area contributed by atoms with Gasteiger partial charge >= 0.3 is 5.63 Å². The third kappa shape index (κ3) is 3.41. The van der Waals surface area contributed by atoms with Crippen LogP contribution in [0, 0.1) is 0 Å². The average molecular weight is 386 g/mol. The quantitative estimate of drug-likeness (QED) is 0.426. The Hall–Kier alpha value is -2.80. The molecule has 0 radical (unpaired) electrons. The van der Waals surface area contributed by atoms with Crippen LogP contribution in [-0.4, -0.2) is 16.6 Å². The molecule has 7 heteroatoms. The zero-order valence-corrected chi connectivity index (χ0v) is 14.2. The molecular formula is C17H12BrN3O3. The summed E-state index contributed by atoms with van der Waals surface area (Å²) in [6.45, 7) is 1.63. The monoisotopic (exact) mass is 385 g/mol. The van der Waals surface area contributed by atoms with Gasteiger partial charge in [0.25, 0.3) is 5.91 Å². The normalized spacial score (nSPS) is 11.5. The van der Waals surface area contributed by atoms with Crippen molar-refractivity contribution in [2.75, 3.05) is 0 Å². The van der Waals surface area contributed by atoms with E-state index >= 15 is 0 Å². The molecule has 0 bridgehead atoms. The molecule has 0 fully saturated rings. The van der Waals surface area contributed by atoms with Gasteiger partial charge in [-0.15, -0.1) is 0 Å². The van der Waals surface area contributed by atoms with Crippen LogP contribution in [0.4, 0.5) is 0 Å². The fraction of sp³-hybridized carbons (Fsp3) is 0.0588. The van der Waals surface area contributed by atoms with E-state index in [4.69, 9.17) is 4.42 Å². The van der Waals surface area contributed by atoms with Crippen LogP contribution in [0.3, 0.4) is 0 Å². The summed E-state index contributed by atoms with van der Waals surface area (Å²) in [7, 11) is 0. The molecule has 6 nitrogen and oxygen atoms in total. The second kappa shape index (κ2) is 6.76. The van der Waals surface area contributed by atoms with Crippen LogP contribution in [0.2, 0.25) is 0 Å². The number of rotatable bonds is 3. The van der Waals surface area contributed by atoms with Gasteiger partial charge < -0.3 is 4.42 Å². The lowest BCUT2D eigenvalue weighted by atomic mass is 10.1. The highest BCUT2D eigenvalue weighted by molar-refractivity contribution is 9.10. The molecule has 0 aliphatic rings. The highest BCUT2D eigenvalue weighted by Gasteiger charge is 2.10. The molecule has 0 aliphatic carbocycles. The SMILES string of the molecule is C/C(=N/NC(=O)c1ccncc1)c1cc2cc(Br)ccc2oc1=O. The Bertz CT molecular complexity index is 997. The molecule has 0 spiro atoms. The van der Waals surface area contributed by atoms with Crippen molar-refractivity contribution >= 4 is 38.5 Å². The zero-order chi connectivity index (χ0) is 17.1. The predicted molar refractivity (Wildman–Crippen MR) is 94.1 cm³/mol. The number of nitrogens with zero attached hydrogens (tertiary/aromatic N) is 2. The van der Waals surface area contributed by atoms with Crippen molar-refractivity contribution in [2.24, 2.45) is 5.10 Å². The minimum atomic E-state index is -0.510. The summed E-state index contributed by atoms with van der Waals surface area (Å²) >= 11 is 3.38. The van der Waals surface area contributed by atoms with Gasteiger partial charge in [-0.25, -0.2) is 10.2 Å². The molecule has 2 heterocycles. The number of aromatic nitrogens is 1. The number of fused-ring (bicyclic) bond motifs is 1. The van der Waals surface area contributed by atoms with Gasteiger partial charge in [0.15, 0.2) is 0 Å². The molecule has 2 aromatic heterocycles. The van der Waals surface area contributed by atoms with E-state index < -0.39 is 5.63 Å². The van der Waals surface area contributed by atoms with E-state index in [0.29, 0.717) is 16.9 Å². The molecule has 0 saturated carbocycles. The highest BCUT2D eigenvalue weighted by Crippen LogP contribution is 2.19. The Morgan fingerprint density at radius 3 is 2.71 bits per heavy atom. The van der Waals surface area contributed by atoms with Gasteiger partial charge in [-0.3, -0.25) is 9.78 Å². The van der Waals surface area contributed by atoms with Gasteiger partial charge in [0.2, 0.25) is 0 Å². The van der Waals surface area contributed by atoms with Gasteiger partial charge in [-0.2, -0.15) is 5.10 Å². The van der Waals surface area contributed by atoms with Crippen LogP contribution in [0.25, 0.3) is 11.0 Å². The van der Waals surface area contributed by atoms with E-state index in [-0.39, 0.29) is 11.5 Å². The first-order valence-corrected chi connectivity index (χ1v) is 7.82. The molecule has 1 amide bonds. The standard InChI is InChI=1S/C17H12BrN3O3/c1-10(20-21-16(22)11-4-6-19-7-5-11)14-9-12-8-13(18)2-3-15(12)24-17(14)23/h2-9H,1H3,(H,21,22)/b20-10-. The number of nitrogens with one attached hydrogen (secondary N) is 1. The fourth-order valence-electron chi connectivity index (χ4n) is 2.11. The minimum absolute atomic E-state index is 0.288. The summed E-state index contributed by atoms with van der Waals surface area (Å²) in [6, 6.07) is 10.2. The van der Waals surface area contributed by atoms with Crippen molar-refractivity contribution in [1.29, 1.82) is 0 Å². The van der Waals surface area contributed by atoms with Gasteiger partial charge in [0.05, 0.1) is 11.3 Å². The maximum Gasteiger partial charge on any atom is 0.345 e. The maximum atomic E-state index is 12.1. The molecule has 3 rings (SSSR count). The first-order chi connectivity index (χ1) is 11.5. The lowest BCUT2D eigenvalue weighted by Crippen LogP contribution is -2.21. The second-order valence-electron chi connectivity index (χ2n) is 5.00. The Morgan fingerprint density at radius 1 is 1.21 bits per heavy atom. The average Bonchev–Trinajstić information content (AvgIpc) is 2.60. The van der Waals surface area contributed by atoms with E-state index in [1.54, 1.807) is 37.3 Å². The van der Waals surface area contributed by atoms with Gasteiger partial charge in [0.1, 0.15) is 5.58 Å². The van der Waals surface area contributed by atoms with Crippen LogP contribution in [0.1, 0.15) is 22.8 Å². The third-order valence-corrected chi connectivity index (χ3v) is 3.84. The van der Waals surface area contributed by atoms with Gasteiger partial charge in [0, 0.05) is 27.8 Å². The lowest BCUT2D eigenvalue weighted by molar-refractivity contribution is 0.0954. The summed E-state index contributed by atoms with van der Waals surface area (Å²) in [5, 5.41) is 4.74. The van der Waals surface area contributed by atoms with Crippen LogP contribution in [-0.2, 0) is 0 Å². The van der Waals surface area contributed by atoms with Gasteiger partial charge in [-0.05, 0) is 43.3 Å². The summed E-state index contributed by atoms with van der Waals surface area (Å²) in [4.78, 5) is 27.9. The summed E-state index contributed by atoms with van der Waals surface area (Å²) in [5.74, 6) is -0.385. The Kier molecular flexibility index (Phi) is 4.52. The lowest BCUT2D eigenvalue weighted by Gasteiger charge is -2.04. The topological polar surface area (TPSA) is 84.6 Å². The van der Waals surface area contributed by atoms with Gasteiger partial charge in [-0.1, -0.05) is 15.9 Å². The maximum absolute atomic E-state index is 12.1. The van der Waals surface area contributed by atoms with E-state index in [0.717, 1.165) is 9.86 Å². The van der Waals surface area contributed by atoms with Crippen LogP contribution in [0.15, 0.2) is 67.6 Å². The number of carbonyl (C=O) groups is 1. The van der Waals surface area contributed by atoms with Crippen LogP contribution < -0.4 is 11.1 Å². The van der Waals surface area contributed by atoms with Crippen LogP contribution >= 0.6 is 15.9 Å². The van der Waals surface area contributed by atoms with Crippen molar-refractivity contribution in [3.8, 4) is 0 Å². The van der Waals surface area contributed by atoms with E-state index in [1.807, 2.05) is 6.07 Å². The second-order valence-corrected chi connectivity index (χ2v) is 5.92. The number of benzene rings is 1. The highest BCUT2D eigenvalue weighted by atomic mass is 79.9. The molecule has 0 atom stereocenters. The van der Waals surface area contributed by atoms with E-state index in [9.17, 15) is 9.59 Å². The third-order valence-electron chi connectivity index (χ3n) is 3.35. The Labute approximate surface area is 145 Å². The number of hydrogen-bond donors (Lipinski definition) is 1. The van der Waals surface area contributed by atoms with Crippen molar-refractivity contribution in [3.05, 3.63) is 74.8 Å². The van der Waals surface area contributed by atoms with Crippen molar-refractivity contribution < 1.29 is 9.21 Å². The summed E-state index contributed by atoms with van der Waals surface area (Å²) < 4.78 is 6.15. The smallest absolute Gasteiger partial charge is 0.345 e. The molecule has 1 N–H and O–H groups in total. The largest absolute Gasteiger partial charge is 0.422 e. The molecule has 0 aliphatic heterocycles. The number of amides is 1. The number of pyridine rings is 1. The van der Waals surface area contributed by atoms with Crippen molar-refractivity contribution in [2.45, 2.75) is 6.92 Å².